The van der Waals surface area contributed by atoms with Gasteiger partial charge in [-0.1, -0.05) is 48.5 Å². The van der Waals surface area contributed by atoms with E-state index in [-0.39, 0.29) is 11.1 Å². The molecule has 0 bridgehead atoms. The van der Waals surface area contributed by atoms with Crippen LogP contribution < -0.4 is 11.1 Å². The molecule has 2 aromatic carbocycles. The number of carbonyl (C=O) groups excluding carboxylic acids is 2. The van der Waals surface area contributed by atoms with E-state index in [9.17, 15) is 35.0 Å². The number of nitrogens with two attached hydrogens (primary N) is 1. The molecular formula is C23H23N5O8. The number of nitrogens with zero attached hydrogens (tertiary/aromatic N) is 3. The van der Waals surface area contributed by atoms with Crippen LogP contribution in [0.25, 0.3) is 0 Å². The van der Waals surface area contributed by atoms with Gasteiger partial charge in [-0.2, -0.15) is 0 Å². The maximum Gasteiger partial charge on any atom is 0.325 e. The average Bonchev–Trinajstić information content (AvgIpc) is 3.16. The number of ether oxygens (including phenoxy) is 1. The quantitative estimate of drug-likeness (QED) is 0.183. The van der Waals surface area contributed by atoms with Crippen molar-refractivity contribution in [3.05, 3.63) is 93.4 Å². The third kappa shape index (κ3) is 4.60. The number of carbonyl (C=O) groups is 2. The summed E-state index contributed by atoms with van der Waals surface area (Å²) in [5.41, 5.74) is 5.35. The average molecular weight is 497 g/mol. The summed E-state index contributed by atoms with van der Waals surface area (Å²) in [5.74, 6) is -2.70. The summed E-state index contributed by atoms with van der Waals surface area (Å²) >= 11 is 0. The van der Waals surface area contributed by atoms with Crippen LogP contribution in [-0.2, 0) is 4.74 Å². The molecule has 1 amide bonds. The lowest BCUT2D eigenvalue weighted by Gasteiger charge is -2.35. The summed E-state index contributed by atoms with van der Waals surface area (Å²) in [6.45, 7) is -0.646. The molecule has 0 spiro atoms. The fraction of sp³-hybridized carbons (Fsp3) is 0.261. The van der Waals surface area contributed by atoms with Crippen molar-refractivity contribution >= 4 is 17.5 Å². The van der Waals surface area contributed by atoms with Gasteiger partial charge in [0.05, 0.1) is 11.5 Å². The third-order valence-corrected chi connectivity index (χ3v) is 5.77. The van der Waals surface area contributed by atoms with E-state index < -0.39 is 71.3 Å². The minimum absolute atomic E-state index is 0.0854. The van der Waals surface area contributed by atoms with Gasteiger partial charge in [0.25, 0.3) is 5.91 Å². The van der Waals surface area contributed by atoms with E-state index in [2.05, 4.69) is 10.3 Å². The molecule has 5 atom stereocenters. The lowest BCUT2D eigenvalue weighted by Crippen LogP contribution is -2.61. The standard InChI is InChI=1S/C23H23N5O8/c24-19-15(28(34)35)20(26-22-18(32)17(31)14(11-29)36-22)27(23(33)13-9-5-2-6-10-13)21(25-19)16(30)12-7-3-1-4-8-12/h1-10,14,17-18,20,22,26,29,31-32H,11,24H2/t14-,17-,18-,20?,22-/m1/s1. The Kier molecular flexibility index (Phi) is 7.19. The van der Waals surface area contributed by atoms with E-state index in [0.29, 0.717) is 0 Å². The Hall–Kier alpha value is -4.01. The summed E-state index contributed by atoms with van der Waals surface area (Å²) in [6, 6.07) is 15.5. The zero-order chi connectivity index (χ0) is 26.0. The molecule has 1 saturated heterocycles. The highest BCUT2D eigenvalue weighted by Gasteiger charge is 2.50. The molecule has 0 aliphatic carbocycles. The Labute approximate surface area is 204 Å². The Morgan fingerprint density at radius 2 is 1.64 bits per heavy atom. The van der Waals surface area contributed by atoms with Gasteiger partial charge in [-0.3, -0.25) is 29.9 Å². The molecule has 2 aliphatic heterocycles. The molecule has 2 heterocycles. The molecule has 2 aliphatic rings. The fourth-order valence-electron chi connectivity index (χ4n) is 3.96. The maximum atomic E-state index is 13.6. The molecular weight excluding hydrogens is 474 g/mol. The Morgan fingerprint density at radius 3 is 2.17 bits per heavy atom. The van der Waals surface area contributed by atoms with Crippen molar-refractivity contribution in [1.82, 2.24) is 10.2 Å². The van der Waals surface area contributed by atoms with Crippen molar-refractivity contribution in [3.8, 4) is 0 Å². The van der Waals surface area contributed by atoms with Crippen LogP contribution in [0, 0.1) is 10.1 Å². The molecule has 2 aromatic rings. The van der Waals surface area contributed by atoms with E-state index in [4.69, 9.17) is 10.5 Å². The minimum atomic E-state index is -1.74. The van der Waals surface area contributed by atoms with Crippen LogP contribution in [0.4, 0.5) is 0 Å². The van der Waals surface area contributed by atoms with Crippen molar-refractivity contribution < 1.29 is 34.6 Å². The maximum absolute atomic E-state index is 13.6. The fourth-order valence-corrected chi connectivity index (χ4v) is 3.96. The predicted molar refractivity (Wildman–Crippen MR) is 124 cm³/mol. The number of amides is 1. The second-order valence-electron chi connectivity index (χ2n) is 8.03. The highest BCUT2D eigenvalue weighted by Crippen LogP contribution is 2.27. The van der Waals surface area contributed by atoms with Crippen LogP contribution >= 0.6 is 0 Å². The van der Waals surface area contributed by atoms with Gasteiger partial charge >= 0.3 is 5.70 Å². The normalized spacial score (nSPS) is 26.0. The summed E-state index contributed by atoms with van der Waals surface area (Å²) in [5, 5.41) is 44.6. The number of benzene rings is 2. The molecule has 36 heavy (non-hydrogen) atoms. The predicted octanol–water partition coefficient (Wildman–Crippen LogP) is -0.817. The van der Waals surface area contributed by atoms with Gasteiger partial charge in [0, 0.05) is 11.1 Å². The zero-order valence-corrected chi connectivity index (χ0v) is 18.7. The largest absolute Gasteiger partial charge is 0.394 e. The number of nitrogens with one attached hydrogen (secondary N) is 1. The van der Waals surface area contributed by atoms with E-state index >= 15 is 0 Å². The molecule has 6 N–H and O–H groups in total. The van der Waals surface area contributed by atoms with Gasteiger partial charge in [-0.15, -0.1) is 0 Å². The smallest absolute Gasteiger partial charge is 0.325 e. The van der Waals surface area contributed by atoms with Crippen molar-refractivity contribution in [1.29, 1.82) is 0 Å². The number of aliphatic imine (C=N–C) groups is 1. The van der Waals surface area contributed by atoms with Crippen molar-refractivity contribution in [2.24, 2.45) is 10.7 Å². The number of aliphatic hydroxyl groups is 3. The summed E-state index contributed by atoms with van der Waals surface area (Å²) in [4.78, 5) is 42.9. The molecule has 1 fully saturated rings. The molecule has 13 nitrogen and oxygen atoms in total. The molecule has 0 radical (unpaired) electrons. The topological polar surface area (TPSA) is 201 Å². The first-order valence-electron chi connectivity index (χ1n) is 10.8. The Balaban J connectivity index is 1.83. The molecule has 4 rings (SSSR count). The van der Waals surface area contributed by atoms with Crippen LogP contribution in [0.2, 0.25) is 0 Å². The number of Topliss-reactive ketones (excluding diaryl/α,β-unsaturated/α-hetero) is 1. The van der Waals surface area contributed by atoms with Gasteiger partial charge in [-0.05, 0) is 12.1 Å². The first kappa shape index (κ1) is 25.1. The van der Waals surface area contributed by atoms with Gasteiger partial charge in [-0.25, -0.2) is 4.99 Å². The minimum Gasteiger partial charge on any atom is -0.394 e. The molecule has 1 unspecified atom stereocenters. The highest BCUT2D eigenvalue weighted by molar-refractivity contribution is 6.47. The SMILES string of the molecule is NC1=C([N+](=O)[O-])C(N[C@@H]2O[C@H](CO)[C@@H](O)[C@H]2O)N(C(=O)c2ccccc2)C(C(=O)c2ccccc2)=N1. The van der Waals surface area contributed by atoms with E-state index in [1.807, 2.05) is 0 Å². The number of rotatable bonds is 7. The first-order valence-corrected chi connectivity index (χ1v) is 10.8. The van der Waals surface area contributed by atoms with Crippen molar-refractivity contribution in [2.75, 3.05) is 6.61 Å². The third-order valence-electron chi connectivity index (χ3n) is 5.77. The van der Waals surface area contributed by atoms with Crippen molar-refractivity contribution in [3.63, 3.8) is 0 Å². The molecule has 13 heteroatoms. The summed E-state index contributed by atoms with van der Waals surface area (Å²) in [6.07, 6.45) is -7.55. The molecule has 0 aromatic heterocycles. The van der Waals surface area contributed by atoms with Crippen LogP contribution in [0.5, 0.6) is 0 Å². The van der Waals surface area contributed by atoms with Gasteiger partial charge < -0.3 is 25.8 Å². The van der Waals surface area contributed by atoms with Crippen LogP contribution in [0.3, 0.4) is 0 Å². The van der Waals surface area contributed by atoms with Gasteiger partial charge in [0.1, 0.15) is 24.5 Å². The van der Waals surface area contributed by atoms with Crippen LogP contribution in [0.1, 0.15) is 20.7 Å². The van der Waals surface area contributed by atoms with Crippen LogP contribution in [0.15, 0.2) is 77.2 Å². The number of hydrogen-bond acceptors (Lipinski definition) is 11. The Morgan fingerprint density at radius 1 is 1.06 bits per heavy atom. The van der Waals surface area contributed by atoms with Crippen LogP contribution in [-0.4, -0.2) is 80.0 Å². The summed E-state index contributed by atoms with van der Waals surface area (Å²) < 4.78 is 5.41. The van der Waals surface area contributed by atoms with E-state index in [1.54, 1.807) is 36.4 Å². The molecule has 188 valence electrons. The lowest BCUT2D eigenvalue weighted by molar-refractivity contribution is -0.435. The number of amidine groups is 1. The number of aliphatic hydroxyl groups excluding tert-OH is 3. The monoisotopic (exact) mass is 497 g/mol. The van der Waals surface area contributed by atoms with E-state index in [0.717, 1.165) is 4.90 Å². The van der Waals surface area contributed by atoms with Gasteiger partial charge in [0.15, 0.2) is 12.0 Å². The highest BCUT2D eigenvalue weighted by atomic mass is 16.6. The lowest BCUT2D eigenvalue weighted by atomic mass is 10.1. The van der Waals surface area contributed by atoms with E-state index in [1.165, 1.54) is 24.3 Å². The number of ketones is 1. The molecule has 0 saturated carbocycles. The zero-order valence-electron chi connectivity index (χ0n) is 18.7. The first-order chi connectivity index (χ1) is 17.2. The second kappa shape index (κ2) is 10.3. The second-order valence-corrected chi connectivity index (χ2v) is 8.03. The van der Waals surface area contributed by atoms with Gasteiger partial charge in [0.2, 0.25) is 11.6 Å². The number of nitro groups is 1. The summed E-state index contributed by atoms with van der Waals surface area (Å²) in [7, 11) is 0. The van der Waals surface area contributed by atoms with Crippen molar-refractivity contribution in [2.45, 2.75) is 30.7 Å². The Bertz CT molecular complexity index is 1220. The number of hydrogen-bond donors (Lipinski definition) is 5.